The summed E-state index contributed by atoms with van der Waals surface area (Å²) in [6, 6.07) is 5.84. The number of hydrogen-bond acceptors (Lipinski definition) is 8. The van der Waals surface area contributed by atoms with Crippen LogP contribution < -0.4 is 35.6 Å². The standard InChI is InChI=1S/C30H41N3O7/c1-17(2)40-14-8-13-31-30(36)18(3)32-24-12-10-21-22(16-25(24)35)23(33-19(4)34)11-9-20-15-26(37-5)28(38-6)29(39-7)27(20)21/h10,12,15-18,23H,8-9,11,13-14H2,1-7H3,(H,31,36)(H,32,35)(H,33,34)/t18-,23+/m1/s1. The average molecular weight is 556 g/mol. The van der Waals surface area contributed by atoms with Gasteiger partial charge in [0, 0.05) is 25.6 Å². The highest BCUT2D eigenvalue weighted by atomic mass is 16.5. The highest BCUT2D eigenvalue weighted by Gasteiger charge is 2.29. The van der Waals surface area contributed by atoms with E-state index in [1.165, 1.54) is 20.1 Å². The van der Waals surface area contributed by atoms with Gasteiger partial charge in [-0.3, -0.25) is 14.4 Å². The van der Waals surface area contributed by atoms with Crippen molar-refractivity contribution in [2.75, 3.05) is 39.8 Å². The van der Waals surface area contributed by atoms with E-state index in [-0.39, 0.29) is 29.0 Å². The number of carbonyl (C=O) groups excluding carboxylic acids is 2. The number of methoxy groups -OCH3 is 3. The molecule has 2 amide bonds. The van der Waals surface area contributed by atoms with Gasteiger partial charge in [-0.2, -0.15) is 0 Å². The normalized spacial score (nSPS) is 14.8. The Morgan fingerprint density at radius 2 is 1.75 bits per heavy atom. The van der Waals surface area contributed by atoms with Gasteiger partial charge in [-0.1, -0.05) is 6.07 Å². The summed E-state index contributed by atoms with van der Waals surface area (Å²) in [5.41, 5.74) is 3.03. The fourth-order valence-electron chi connectivity index (χ4n) is 4.88. The third-order valence-electron chi connectivity index (χ3n) is 6.75. The molecule has 40 heavy (non-hydrogen) atoms. The van der Waals surface area contributed by atoms with Crippen LogP contribution in [0, 0.1) is 0 Å². The van der Waals surface area contributed by atoms with E-state index in [1.54, 1.807) is 27.2 Å². The number of hydrogen-bond donors (Lipinski definition) is 3. The molecule has 0 saturated carbocycles. The summed E-state index contributed by atoms with van der Waals surface area (Å²) in [6.07, 6.45) is 2.00. The Morgan fingerprint density at radius 3 is 2.38 bits per heavy atom. The second-order valence-corrected chi connectivity index (χ2v) is 10.0. The third kappa shape index (κ3) is 7.24. The summed E-state index contributed by atoms with van der Waals surface area (Å²) in [5.74, 6) is 1.01. The Balaban J connectivity index is 2.02. The topological polar surface area (TPSA) is 124 Å². The number of fused-ring (bicyclic) bond motifs is 3. The smallest absolute Gasteiger partial charge is 0.242 e. The number of nitrogens with one attached hydrogen (secondary N) is 3. The van der Waals surface area contributed by atoms with Gasteiger partial charge in [-0.15, -0.1) is 0 Å². The number of aryl methyl sites for hydroxylation is 1. The Morgan fingerprint density at radius 1 is 1.02 bits per heavy atom. The van der Waals surface area contributed by atoms with Crippen LogP contribution in [0.25, 0.3) is 11.1 Å². The molecule has 0 heterocycles. The molecule has 0 unspecified atom stereocenters. The maximum Gasteiger partial charge on any atom is 0.242 e. The van der Waals surface area contributed by atoms with Gasteiger partial charge in [0.25, 0.3) is 0 Å². The monoisotopic (exact) mass is 555 g/mol. The second-order valence-electron chi connectivity index (χ2n) is 10.0. The summed E-state index contributed by atoms with van der Waals surface area (Å²) >= 11 is 0. The Kier molecular flexibility index (Phi) is 10.8. The highest BCUT2D eigenvalue weighted by molar-refractivity contribution is 5.85. The zero-order valence-corrected chi connectivity index (χ0v) is 24.4. The van der Waals surface area contributed by atoms with E-state index in [1.807, 2.05) is 26.0 Å². The van der Waals surface area contributed by atoms with Gasteiger partial charge in [-0.05, 0) is 74.9 Å². The molecule has 1 aliphatic carbocycles. The summed E-state index contributed by atoms with van der Waals surface area (Å²) in [7, 11) is 4.65. The zero-order chi connectivity index (χ0) is 29.4. The molecule has 0 fully saturated rings. The largest absolute Gasteiger partial charge is 0.493 e. The van der Waals surface area contributed by atoms with E-state index in [0.29, 0.717) is 55.2 Å². The van der Waals surface area contributed by atoms with Gasteiger partial charge in [0.05, 0.1) is 39.2 Å². The van der Waals surface area contributed by atoms with Crippen LogP contribution in [-0.2, 0) is 20.7 Å². The van der Waals surface area contributed by atoms with Crippen molar-refractivity contribution in [1.29, 1.82) is 0 Å². The molecule has 3 rings (SSSR count). The lowest BCUT2D eigenvalue weighted by atomic mass is 9.95. The van der Waals surface area contributed by atoms with E-state index >= 15 is 0 Å². The number of benzene rings is 1. The molecule has 10 nitrogen and oxygen atoms in total. The fraction of sp³-hybridized carbons (Fsp3) is 0.500. The lowest BCUT2D eigenvalue weighted by Gasteiger charge is -2.19. The highest BCUT2D eigenvalue weighted by Crippen LogP contribution is 2.50. The number of ether oxygens (including phenoxy) is 4. The van der Waals surface area contributed by atoms with Gasteiger partial charge in [-0.25, -0.2) is 0 Å². The molecule has 2 atom stereocenters. The van der Waals surface area contributed by atoms with E-state index in [0.717, 1.165) is 16.7 Å². The maximum atomic E-state index is 13.4. The molecular weight excluding hydrogens is 514 g/mol. The molecular formula is C30H41N3O7. The minimum absolute atomic E-state index is 0.140. The van der Waals surface area contributed by atoms with Crippen molar-refractivity contribution >= 4 is 17.5 Å². The van der Waals surface area contributed by atoms with Gasteiger partial charge >= 0.3 is 0 Å². The van der Waals surface area contributed by atoms with Gasteiger partial charge in [0.2, 0.25) is 23.0 Å². The van der Waals surface area contributed by atoms with Crippen LogP contribution in [0.4, 0.5) is 5.69 Å². The van der Waals surface area contributed by atoms with Crippen molar-refractivity contribution in [3.8, 4) is 28.4 Å². The minimum atomic E-state index is -0.654. The third-order valence-corrected chi connectivity index (χ3v) is 6.75. The predicted octanol–water partition coefficient (Wildman–Crippen LogP) is 3.59. The molecule has 3 N–H and O–H groups in total. The Labute approximate surface area is 235 Å². The van der Waals surface area contributed by atoms with E-state index < -0.39 is 12.1 Å². The SMILES string of the molecule is COc1cc2c(c(OC)c1OC)-c1ccc(N[C@H](C)C(=O)NCCCOC(C)C)c(=O)cc1[C@@H](NC(C)=O)CC2. The molecule has 0 spiro atoms. The molecule has 0 radical (unpaired) electrons. The van der Waals surface area contributed by atoms with Crippen LogP contribution in [-0.4, -0.2) is 58.4 Å². The number of amides is 2. The van der Waals surface area contributed by atoms with Crippen LogP contribution >= 0.6 is 0 Å². The minimum Gasteiger partial charge on any atom is -0.493 e. The van der Waals surface area contributed by atoms with Crippen molar-refractivity contribution in [3.63, 3.8) is 0 Å². The molecule has 10 heteroatoms. The van der Waals surface area contributed by atoms with Crippen molar-refractivity contribution in [1.82, 2.24) is 10.6 Å². The first-order chi connectivity index (χ1) is 19.1. The van der Waals surface area contributed by atoms with E-state index in [9.17, 15) is 14.4 Å². The number of anilines is 1. The predicted molar refractivity (Wildman–Crippen MR) is 154 cm³/mol. The molecule has 0 saturated heterocycles. The average Bonchev–Trinajstić information content (AvgIpc) is 3.15. The summed E-state index contributed by atoms with van der Waals surface area (Å²) in [5, 5.41) is 8.92. The maximum absolute atomic E-state index is 13.4. The quantitative estimate of drug-likeness (QED) is 0.340. The first-order valence-electron chi connectivity index (χ1n) is 13.5. The van der Waals surface area contributed by atoms with Crippen LogP contribution in [0.15, 0.2) is 29.1 Å². The van der Waals surface area contributed by atoms with Crippen LogP contribution in [0.2, 0.25) is 0 Å². The van der Waals surface area contributed by atoms with E-state index in [4.69, 9.17) is 18.9 Å². The first kappa shape index (κ1) is 30.7. The van der Waals surface area contributed by atoms with Crippen LogP contribution in [0.5, 0.6) is 17.2 Å². The summed E-state index contributed by atoms with van der Waals surface area (Å²) < 4.78 is 22.5. The second kappa shape index (κ2) is 14.0. The fourth-order valence-corrected chi connectivity index (χ4v) is 4.88. The van der Waals surface area contributed by atoms with Gasteiger partial charge in [0.1, 0.15) is 6.04 Å². The molecule has 0 aromatic heterocycles. The molecule has 0 bridgehead atoms. The zero-order valence-electron chi connectivity index (χ0n) is 24.4. The first-order valence-corrected chi connectivity index (χ1v) is 13.5. The molecule has 2 aromatic rings. The van der Waals surface area contributed by atoms with Crippen LogP contribution in [0.3, 0.4) is 0 Å². The van der Waals surface area contributed by atoms with Crippen molar-refractivity contribution in [2.45, 2.75) is 65.1 Å². The van der Waals surface area contributed by atoms with Crippen LogP contribution in [0.1, 0.15) is 57.7 Å². The molecule has 218 valence electrons. The van der Waals surface area contributed by atoms with Crippen molar-refractivity contribution < 1.29 is 28.5 Å². The summed E-state index contributed by atoms with van der Waals surface area (Å²) in [4.78, 5) is 38.3. The summed E-state index contributed by atoms with van der Waals surface area (Å²) in [6.45, 7) is 8.11. The Hall–Kier alpha value is -3.79. The van der Waals surface area contributed by atoms with Crippen molar-refractivity contribution in [2.24, 2.45) is 0 Å². The number of rotatable bonds is 12. The van der Waals surface area contributed by atoms with Gasteiger partial charge in [0.15, 0.2) is 11.5 Å². The lowest BCUT2D eigenvalue weighted by Crippen LogP contribution is -2.39. The lowest BCUT2D eigenvalue weighted by molar-refractivity contribution is -0.121. The number of carbonyl (C=O) groups is 2. The Bertz CT molecular complexity index is 1280. The van der Waals surface area contributed by atoms with Gasteiger partial charge < -0.3 is 34.9 Å². The molecule has 2 aromatic carbocycles. The van der Waals surface area contributed by atoms with E-state index in [2.05, 4.69) is 16.0 Å². The van der Waals surface area contributed by atoms with Crippen molar-refractivity contribution in [3.05, 3.63) is 45.6 Å². The molecule has 1 aliphatic rings. The molecule has 0 aliphatic heterocycles.